The molecule has 0 saturated heterocycles. The topological polar surface area (TPSA) is 53.7 Å². The third-order valence-corrected chi connectivity index (χ3v) is 15.4. The number of pyridine rings is 2. The number of hydrogen-bond acceptors (Lipinski definition) is 3. The molecule has 354 valence electrons. The van der Waals surface area contributed by atoms with Crippen molar-refractivity contribution in [3.63, 3.8) is 0 Å². The Bertz CT molecular complexity index is 4780. The molecule has 0 atom stereocenters. The highest BCUT2D eigenvalue weighted by Crippen LogP contribution is 2.50. The smallest absolute Gasteiger partial charge is 0.165 e. The fourth-order valence-electron chi connectivity index (χ4n) is 12.2. The van der Waals surface area contributed by atoms with Crippen molar-refractivity contribution in [2.75, 3.05) is 0 Å². The van der Waals surface area contributed by atoms with Crippen LogP contribution in [0.15, 0.2) is 265 Å². The standard InChI is InChI=1S/C70H43N5O/c1-3-21-44(22-4-1)56-41-47(42-57(71-56)45-23-5-2-6-24-45)66-67(46-39-40-55-54-31-13-20-38-64(54)76-65(55)43-46)69(74-60-34-16-9-27-50(60)51-28-10-17-35-61(51)74)72-70(75-62-36-18-11-29-52(62)53-30-12-19-37-63(53)75)68(66)73-58-32-14-7-25-48(58)49-26-8-15-33-59(49)73/h1-43H. The van der Waals surface area contributed by atoms with Crippen molar-refractivity contribution >= 4 is 87.4 Å². The molecule has 0 bridgehead atoms. The molecule has 0 radical (unpaired) electrons. The zero-order chi connectivity index (χ0) is 49.8. The number of aromatic nitrogens is 5. The first-order chi connectivity index (χ1) is 37.7. The summed E-state index contributed by atoms with van der Waals surface area (Å²) in [7, 11) is 0. The molecule has 6 heterocycles. The summed E-state index contributed by atoms with van der Waals surface area (Å²) in [5, 5.41) is 9.02. The summed E-state index contributed by atoms with van der Waals surface area (Å²) in [6.45, 7) is 0. The summed E-state index contributed by atoms with van der Waals surface area (Å²) in [4.78, 5) is 11.9. The summed E-state index contributed by atoms with van der Waals surface area (Å²) in [6, 6.07) is 93.4. The number of benzene rings is 10. The molecule has 0 saturated carbocycles. The predicted octanol–water partition coefficient (Wildman–Crippen LogP) is 18.3. The fraction of sp³-hybridized carbons (Fsp3) is 0. The molecule has 10 aromatic carbocycles. The lowest BCUT2D eigenvalue weighted by atomic mass is 9.90. The predicted molar refractivity (Wildman–Crippen MR) is 314 cm³/mol. The molecule has 0 fully saturated rings. The molecule has 6 aromatic heterocycles. The van der Waals surface area contributed by atoms with Gasteiger partial charge >= 0.3 is 0 Å². The molecular weight excluding hydrogens is 927 g/mol. The highest BCUT2D eigenvalue weighted by Gasteiger charge is 2.32. The highest BCUT2D eigenvalue weighted by molar-refractivity contribution is 6.15. The Morgan fingerprint density at radius 1 is 0.250 bits per heavy atom. The van der Waals surface area contributed by atoms with Crippen molar-refractivity contribution in [3.05, 3.63) is 261 Å². The number of rotatable bonds is 7. The Morgan fingerprint density at radius 3 is 1.11 bits per heavy atom. The van der Waals surface area contributed by atoms with Gasteiger partial charge in [-0.05, 0) is 77.9 Å². The quantitative estimate of drug-likeness (QED) is 0.160. The number of hydrogen-bond donors (Lipinski definition) is 0. The number of nitrogens with zero attached hydrogens (tertiary/aromatic N) is 5. The Kier molecular flexibility index (Phi) is 9.23. The van der Waals surface area contributed by atoms with Crippen molar-refractivity contribution in [3.8, 4) is 62.1 Å². The van der Waals surface area contributed by atoms with E-state index in [9.17, 15) is 0 Å². The molecule has 16 aromatic rings. The van der Waals surface area contributed by atoms with Crippen LogP contribution in [0.4, 0.5) is 0 Å². The molecule has 0 aliphatic rings. The maximum absolute atomic E-state index is 6.84. The van der Waals surface area contributed by atoms with Crippen LogP contribution < -0.4 is 0 Å². The van der Waals surface area contributed by atoms with Gasteiger partial charge in [0.15, 0.2) is 5.82 Å². The minimum absolute atomic E-state index is 0.781. The van der Waals surface area contributed by atoms with Crippen LogP contribution in [0.25, 0.3) is 149 Å². The average Bonchev–Trinajstić information content (AvgIpc) is 4.33. The maximum atomic E-state index is 6.84. The summed E-state index contributed by atoms with van der Waals surface area (Å²) in [5.41, 5.74) is 16.5. The first kappa shape index (κ1) is 42.2. The Balaban J connectivity index is 1.20. The highest BCUT2D eigenvalue weighted by atomic mass is 16.3. The molecule has 0 aliphatic heterocycles. The zero-order valence-electron chi connectivity index (χ0n) is 41.0. The van der Waals surface area contributed by atoms with Crippen molar-refractivity contribution in [1.82, 2.24) is 23.7 Å². The van der Waals surface area contributed by atoms with E-state index in [1.807, 2.05) is 6.07 Å². The van der Waals surface area contributed by atoms with E-state index >= 15 is 0 Å². The summed E-state index contributed by atoms with van der Waals surface area (Å²) in [6.07, 6.45) is 0. The van der Waals surface area contributed by atoms with Gasteiger partial charge in [0.05, 0.1) is 50.2 Å². The SMILES string of the molecule is c1ccc(-c2cc(-c3c(-c4ccc5c(c4)oc4ccccc45)c(-n4c5ccccc5c5ccccc54)nc(-n4c5ccccc5c5ccccc54)c3-n3c4ccccc4c4ccccc43)cc(-c3ccccc3)n2)cc1. The molecule has 76 heavy (non-hydrogen) atoms. The van der Waals surface area contributed by atoms with Crippen LogP contribution in [0, 0.1) is 0 Å². The second-order valence-electron chi connectivity index (χ2n) is 19.6. The minimum atomic E-state index is 0.781. The Morgan fingerprint density at radius 2 is 0.632 bits per heavy atom. The van der Waals surface area contributed by atoms with Gasteiger partial charge in [-0.2, -0.15) is 0 Å². The lowest BCUT2D eigenvalue weighted by Gasteiger charge is -2.26. The molecule has 16 rings (SSSR count). The summed E-state index contributed by atoms with van der Waals surface area (Å²) in [5.74, 6) is 1.56. The van der Waals surface area contributed by atoms with E-state index in [2.05, 4.69) is 268 Å². The molecule has 0 aliphatic carbocycles. The Hall–Kier alpha value is -10.3. The molecule has 0 unspecified atom stereocenters. The fourth-order valence-corrected chi connectivity index (χ4v) is 12.2. The van der Waals surface area contributed by atoms with Crippen LogP contribution in [0.3, 0.4) is 0 Å². The van der Waals surface area contributed by atoms with E-state index in [1.165, 1.54) is 0 Å². The molecule has 0 spiro atoms. The van der Waals surface area contributed by atoms with E-state index in [0.29, 0.717) is 0 Å². The molecule has 0 N–H and O–H groups in total. The van der Waals surface area contributed by atoms with Crippen LogP contribution in [-0.2, 0) is 0 Å². The number of fused-ring (bicyclic) bond motifs is 12. The number of furan rings is 1. The number of para-hydroxylation sites is 7. The average molecular weight is 970 g/mol. The van der Waals surface area contributed by atoms with Crippen LogP contribution in [-0.4, -0.2) is 23.7 Å². The van der Waals surface area contributed by atoms with E-state index in [-0.39, 0.29) is 0 Å². The minimum Gasteiger partial charge on any atom is -0.456 e. The van der Waals surface area contributed by atoms with Gasteiger partial charge in [0.1, 0.15) is 17.0 Å². The van der Waals surface area contributed by atoms with Crippen molar-refractivity contribution in [2.45, 2.75) is 0 Å². The van der Waals surface area contributed by atoms with Gasteiger partial charge in [0.25, 0.3) is 0 Å². The van der Waals surface area contributed by atoms with Gasteiger partial charge in [-0.15, -0.1) is 0 Å². The first-order valence-electron chi connectivity index (χ1n) is 25.8. The lowest BCUT2D eigenvalue weighted by Crippen LogP contribution is -2.13. The second-order valence-corrected chi connectivity index (χ2v) is 19.6. The monoisotopic (exact) mass is 969 g/mol. The summed E-state index contributed by atoms with van der Waals surface area (Å²) >= 11 is 0. The molecule has 0 amide bonds. The maximum Gasteiger partial charge on any atom is 0.165 e. The van der Waals surface area contributed by atoms with Gasteiger partial charge < -0.3 is 8.98 Å². The largest absolute Gasteiger partial charge is 0.456 e. The van der Waals surface area contributed by atoms with Gasteiger partial charge in [-0.1, -0.05) is 194 Å². The zero-order valence-corrected chi connectivity index (χ0v) is 41.0. The van der Waals surface area contributed by atoms with Crippen LogP contribution >= 0.6 is 0 Å². The molecular formula is C70H43N5O. The van der Waals surface area contributed by atoms with Crippen LogP contribution in [0.1, 0.15) is 0 Å². The van der Waals surface area contributed by atoms with Crippen molar-refractivity contribution in [1.29, 1.82) is 0 Å². The van der Waals surface area contributed by atoms with E-state index in [0.717, 1.165) is 149 Å². The van der Waals surface area contributed by atoms with Crippen LogP contribution in [0.5, 0.6) is 0 Å². The molecule has 6 heteroatoms. The third-order valence-electron chi connectivity index (χ3n) is 15.4. The second kappa shape index (κ2) is 16.6. The van der Waals surface area contributed by atoms with Gasteiger partial charge in [0.2, 0.25) is 0 Å². The van der Waals surface area contributed by atoms with Crippen LogP contribution in [0.2, 0.25) is 0 Å². The Labute approximate surface area is 436 Å². The van der Waals surface area contributed by atoms with Crippen molar-refractivity contribution < 1.29 is 4.42 Å². The lowest BCUT2D eigenvalue weighted by molar-refractivity contribution is 0.669. The summed E-state index contributed by atoms with van der Waals surface area (Å²) < 4.78 is 14.1. The van der Waals surface area contributed by atoms with E-state index in [1.54, 1.807) is 0 Å². The third kappa shape index (κ3) is 6.28. The van der Waals surface area contributed by atoms with E-state index in [4.69, 9.17) is 14.4 Å². The molecule has 6 nitrogen and oxygen atoms in total. The normalized spacial score (nSPS) is 11.9. The van der Waals surface area contributed by atoms with Gasteiger partial charge in [0, 0.05) is 65.3 Å². The van der Waals surface area contributed by atoms with Crippen molar-refractivity contribution in [2.24, 2.45) is 0 Å². The van der Waals surface area contributed by atoms with Gasteiger partial charge in [-0.25, -0.2) is 9.97 Å². The van der Waals surface area contributed by atoms with Gasteiger partial charge in [-0.3, -0.25) is 9.13 Å². The first-order valence-corrected chi connectivity index (χ1v) is 25.8. The van der Waals surface area contributed by atoms with E-state index < -0.39 is 0 Å².